The molecule has 4 rings (SSSR count). The van der Waals surface area contributed by atoms with Gasteiger partial charge in [-0.15, -0.1) is 0 Å². The van der Waals surface area contributed by atoms with Crippen molar-refractivity contribution in [3.05, 3.63) is 53.2 Å². The number of hydrogen-bond donors (Lipinski definition) is 0. The molecule has 1 heterocycles. The van der Waals surface area contributed by atoms with E-state index in [1.54, 1.807) is 5.56 Å². The summed E-state index contributed by atoms with van der Waals surface area (Å²) in [5, 5.41) is 0. The molecular formula is C18H19N. The second-order valence-electron chi connectivity index (χ2n) is 6.42. The van der Waals surface area contributed by atoms with Gasteiger partial charge in [-0.05, 0) is 60.3 Å². The van der Waals surface area contributed by atoms with E-state index >= 15 is 0 Å². The molecule has 0 N–H and O–H groups in total. The highest BCUT2D eigenvalue weighted by Gasteiger charge is 2.47. The van der Waals surface area contributed by atoms with Crippen LogP contribution in [0.5, 0.6) is 0 Å². The van der Waals surface area contributed by atoms with E-state index in [2.05, 4.69) is 36.7 Å². The summed E-state index contributed by atoms with van der Waals surface area (Å²) < 4.78 is 0. The Morgan fingerprint density at radius 1 is 1.16 bits per heavy atom. The molecule has 0 saturated heterocycles. The normalized spacial score (nSPS) is 23.1. The monoisotopic (exact) mass is 249 g/mol. The molecule has 1 heteroatoms. The first-order chi connectivity index (χ1) is 9.16. The highest BCUT2D eigenvalue weighted by molar-refractivity contribution is 5.96. The average Bonchev–Trinajstić information content (AvgIpc) is 3.03. The van der Waals surface area contributed by atoms with E-state index < -0.39 is 0 Å². The van der Waals surface area contributed by atoms with Gasteiger partial charge in [0.2, 0.25) is 0 Å². The van der Waals surface area contributed by atoms with Crippen molar-refractivity contribution in [1.82, 2.24) is 0 Å². The highest BCUT2D eigenvalue weighted by Crippen LogP contribution is 2.57. The largest absolute Gasteiger partial charge is 0.265 e. The Morgan fingerprint density at radius 2 is 2.00 bits per heavy atom. The minimum Gasteiger partial charge on any atom is -0.265 e. The van der Waals surface area contributed by atoms with Gasteiger partial charge in [-0.25, -0.2) is 0 Å². The first-order valence-electron chi connectivity index (χ1n) is 7.19. The van der Waals surface area contributed by atoms with Crippen LogP contribution in [0.3, 0.4) is 0 Å². The van der Waals surface area contributed by atoms with Gasteiger partial charge < -0.3 is 0 Å². The minimum atomic E-state index is 0.474. The SMILES string of the molecule is C=C1Cc2ccc(C3=CN=C(C)C3)cc2CC12CC2. The van der Waals surface area contributed by atoms with Gasteiger partial charge in [0.1, 0.15) is 0 Å². The Bertz CT molecular complexity index is 642. The summed E-state index contributed by atoms with van der Waals surface area (Å²) >= 11 is 0. The van der Waals surface area contributed by atoms with Crippen molar-refractivity contribution in [2.75, 3.05) is 0 Å². The maximum atomic E-state index is 4.40. The van der Waals surface area contributed by atoms with Crippen LogP contribution >= 0.6 is 0 Å². The van der Waals surface area contributed by atoms with Crippen molar-refractivity contribution < 1.29 is 0 Å². The Hall–Kier alpha value is -1.63. The summed E-state index contributed by atoms with van der Waals surface area (Å²) in [5.74, 6) is 0. The molecule has 96 valence electrons. The van der Waals surface area contributed by atoms with E-state index in [1.165, 1.54) is 47.2 Å². The van der Waals surface area contributed by atoms with Crippen LogP contribution < -0.4 is 0 Å². The number of fused-ring (bicyclic) bond motifs is 1. The van der Waals surface area contributed by atoms with Gasteiger partial charge in [0.25, 0.3) is 0 Å². The molecule has 19 heavy (non-hydrogen) atoms. The zero-order valence-corrected chi connectivity index (χ0v) is 11.5. The van der Waals surface area contributed by atoms with Gasteiger partial charge in [0.15, 0.2) is 0 Å². The number of hydrogen-bond acceptors (Lipinski definition) is 1. The van der Waals surface area contributed by atoms with Crippen molar-refractivity contribution in [2.24, 2.45) is 10.4 Å². The summed E-state index contributed by atoms with van der Waals surface area (Å²) in [7, 11) is 0. The standard InChI is InChI=1S/C18H19N/c1-12-7-14-3-4-15(17-8-13(2)19-11-17)9-16(14)10-18(12)5-6-18/h3-4,9,11H,1,5-8,10H2,2H3. The molecule has 1 spiro atoms. The molecule has 0 bridgehead atoms. The fraction of sp³-hybridized carbons (Fsp3) is 0.389. The molecule has 1 aromatic carbocycles. The molecule has 1 saturated carbocycles. The van der Waals surface area contributed by atoms with Crippen molar-refractivity contribution >= 4 is 11.3 Å². The molecule has 0 unspecified atom stereocenters. The van der Waals surface area contributed by atoms with E-state index in [9.17, 15) is 0 Å². The van der Waals surface area contributed by atoms with E-state index in [0.29, 0.717) is 5.41 Å². The molecule has 1 aromatic rings. The summed E-state index contributed by atoms with van der Waals surface area (Å²) in [6.07, 6.45) is 8.04. The first kappa shape index (κ1) is 11.2. The molecule has 1 fully saturated rings. The zero-order valence-electron chi connectivity index (χ0n) is 11.5. The summed E-state index contributed by atoms with van der Waals surface area (Å²) in [4.78, 5) is 4.40. The van der Waals surface area contributed by atoms with Crippen molar-refractivity contribution in [1.29, 1.82) is 0 Å². The predicted octanol–water partition coefficient (Wildman–Crippen LogP) is 4.33. The lowest BCUT2D eigenvalue weighted by molar-refractivity contribution is 0.563. The van der Waals surface area contributed by atoms with Crippen LogP contribution in [0.4, 0.5) is 0 Å². The minimum absolute atomic E-state index is 0.474. The highest BCUT2D eigenvalue weighted by atomic mass is 14.7. The topological polar surface area (TPSA) is 12.4 Å². The fourth-order valence-corrected chi connectivity index (χ4v) is 3.48. The van der Waals surface area contributed by atoms with Crippen LogP contribution in [-0.4, -0.2) is 5.71 Å². The van der Waals surface area contributed by atoms with Gasteiger partial charge >= 0.3 is 0 Å². The number of aliphatic imine (C=N–C) groups is 1. The average molecular weight is 249 g/mol. The first-order valence-corrected chi connectivity index (χ1v) is 7.19. The van der Waals surface area contributed by atoms with Crippen LogP contribution in [0.25, 0.3) is 5.57 Å². The molecule has 3 aliphatic rings. The van der Waals surface area contributed by atoms with Crippen molar-refractivity contribution in [2.45, 2.75) is 39.0 Å². The number of allylic oxidation sites excluding steroid dienone is 2. The number of rotatable bonds is 1. The quantitative estimate of drug-likeness (QED) is 0.657. The van der Waals surface area contributed by atoms with Gasteiger partial charge in [-0.3, -0.25) is 4.99 Å². The van der Waals surface area contributed by atoms with E-state index in [-0.39, 0.29) is 0 Å². The molecule has 1 aliphatic heterocycles. The van der Waals surface area contributed by atoms with Gasteiger partial charge in [-0.2, -0.15) is 0 Å². The third kappa shape index (κ3) is 1.72. The fourth-order valence-electron chi connectivity index (χ4n) is 3.48. The van der Waals surface area contributed by atoms with Crippen LogP contribution in [0, 0.1) is 5.41 Å². The molecule has 1 nitrogen and oxygen atoms in total. The van der Waals surface area contributed by atoms with Crippen LogP contribution in [0.2, 0.25) is 0 Å². The van der Waals surface area contributed by atoms with Crippen molar-refractivity contribution in [3.8, 4) is 0 Å². The van der Waals surface area contributed by atoms with Crippen LogP contribution in [-0.2, 0) is 12.8 Å². The summed E-state index contributed by atoms with van der Waals surface area (Å²) in [5.41, 5.74) is 8.93. The maximum absolute atomic E-state index is 4.40. The second kappa shape index (κ2) is 3.69. The van der Waals surface area contributed by atoms with E-state index in [4.69, 9.17) is 0 Å². The second-order valence-corrected chi connectivity index (χ2v) is 6.42. The molecule has 0 radical (unpaired) electrons. The van der Waals surface area contributed by atoms with Crippen LogP contribution in [0.15, 0.2) is 41.5 Å². The zero-order chi connectivity index (χ0) is 13.0. The third-order valence-electron chi connectivity index (χ3n) is 5.00. The van der Waals surface area contributed by atoms with E-state index in [1.807, 2.05) is 6.20 Å². The predicted molar refractivity (Wildman–Crippen MR) is 80.4 cm³/mol. The Kier molecular flexibility index (Phi) is 2.18. The summed E-state index contributed by atoms with van der Waals surface area (Å²) in [6.45, 7) is 6.41. The Balaban J connectivity index is 1.69. The lowest BCUT2D eigenvalue weighted by Crippen LogP contribution is -2.18. The molecule has 2 aliphatic carbocycles. The third-order valence-corrected chi connectivity index (χ3v) is 5.00. The van der Waals surface area contributed by atoms with E-state index in [0.717, 1.165) is 12.8 Å². The van der Waals surface area contributed by atoms with Gasteiger partial charge in [0.05, 0.1) is 0 Å². The number of nitrogens with zero attached hydrogens (tertiary/aromatic N) is 1. The molecular weight excluding hydrogens is 230 g/mol. The Morgan fingerprint density at radius 3 is 2.68 bits per heavy atom. The van der Waals surface area contributed by atoms with Crippen molar-refractivity contribution in [3.63, 3.8) is 0 Å². The molecule has 0 aromatic heterocycles. The lowest BCUT2D eigenvalue weighted by Gasteiger charge is -2.27. The molecule has 0 amide bonds. The smallest absolute Gasteiger partial charge is 0.0309 e. The maximum Gasteiger partial charge on any atom is 0.0309 e. The molecule has 0 atom stereocenters. The lowest BCUT2D eigenvalue weighted by atomic mass is 9.77. The van der Waals surface area contributed by atoms with Gasteiger partial charge in [0, 0.05) is 18.3 Å². The summed E-state index contributed by atoms with van der Waals surface area (Å²) in [6, 6.07) is 6.97. The Labute approximate surface area is 114 Å². The number of benzene rings is 1. The van der Waals surface area contributed by atoms with Gasteiger partial charge in [-0.1, -0.05) is 30.4 Å². The van der Waals surface area contributed by atoms with Crippen LogP contribution in [0.1, 0.15) is 42.9 Å².